The minimum absolute atomic E-state index is 0.622. The lowest BCUT2D eigenvalue weighted by Gasteiger charge is -2.01. The number of hydrogen-bond acceptors (Lipinski definition) is 4. The first-order valence-electron chi connectivity index (χ1n) is 3.83. The lowest BCUT2D eigenvalue weighted by Crippen LogP contribution is -1.93. The molecule has 2 rings (SSSR count). The van der Waals surface area contributed by atoms with E-state index in [9.17, 15) is 0 Å². The molecule has 0 radical (unpaired) electrons. The van der Waals surface area contributed by atoms with Gasteiger partial charge in [-0.1, -0.05) is 0 Å². The maximum Gasteiger partial charge on any atom is 0.137 e. The van der Waals surface area contributed by atoms with Gasteiger partial charge in [0, 0.05) is 10.8 Å². The van der Waals surface area contributed by atoms with E-state index in [1.165, 1.54) is 0 Å². The van der Waals surface area contributed by atoms with E-state index in [2.05, 4.69) is 0 Å². The zero-order valence-electron chi connectivity index (χ0n) is 7.20. The number of hydrogen-bond donors (Lipinski definition) is 2. The molecule has 0 fully saturated rings. The summed E-state index contributed by atoms with van der Waals surface area (Å²) >= 11 is 1.55. The molecular weight excluding hydrogens is 184 g/mol. The Morgan fingerprint density at radius 1 is 1.31 bits per heavy atom. The van der Waals surface area contributed by atoms with Gasteiger partial charge >= 0.3 is 0 Å². The summed E-state index contributed by atoms with van der Waals surface area (Å²) in [7, 11) is 1.65. The monoisotopic (exact) mass is 194 g/mol. The molecule has 68 valence electrons. The second-order valence-corrected chi connectivity index (χ2v) is 3.63. The van der Waals surface area contributed by atoms with Gasteiger partial charge in [-0.3, -0.25) is 0 Å². The number of rotatable bonds is 1. The smallest absolute Gasteiger partial charge is 0.137 e. The van der Waals surface area contributed by atoms with Crippen LogP contribution in [0.15, 0.2) is 17.5 Å². The van der Waals surface area contributed by atoms with Crippen LogP contribution < -0.4 is 16.2 Å². The molecule has 0 aliphatic carbocycles. The molecular formula is C9H10N2OS. The van der Waals surface area contributed by atoms with Crippen molar-refractivity contribution in [1.29, 1.82) is 0 Å². The molecule has 0 saturated heterocycles. The highest BCUT2D eigenvalue weighted by Crippen LogP contribution is 2.37. The fourth-order valence-corrected chi connectivity index (χ4v) is 2.26. The van der Waals surface area contributed by atoms with E-state index in [1.807, 2.05) is 11.4 Å². The Morgan fingerprint density at radius 2 is 2.08 bits per heavy atom. The molecule has 0 amide bonds. The summed E-state index contributed by atoms with van der Waals surface area (Å²) < 4.78 is 6.17. The molecule has 0 unspecified atom stereocenters. The predicted octanol–water partition coefficient (Wildman–Crippen LogP) is 2.07. The molecule has 2 aromatic rings. The maximum absolute atomic E-state index is 5.82. The second kappa shape index (κ2) is 2.81. The van der Waals surface area contributed by atoms with E-state index >= 15 is 0 Å². The van der Waals surface area contributed by atoms with Gasteiger partial charge in [-0.05, 0) is 12.1 Å². The van der Waals surface area contributed by atoms with Crippen LogP contribution in [-0.4, -0.2) is 7.11 Å². The highest BCUT2D eigenvalue weighted by Gasteiger charge is 2.08. The Balaban J connectivity index is 2.81. The van der Waals surface area contributed by atoms with Crippen molar-refractivity contribution >= 4 is 32.8 Å². The summed E-state index contributed by atoms with van der Waals surface area (Å²) in [5.74, 6) is 0.853. The van der Waals surface area contributed by atoms with Gasteiger partial charge in [-0.2, -0.15) is 0 Å². The molecule has 4 N–H and O–H groups in total. The number of benzene rings is 1. The van der Waals surface area contributed by atoms with Gasteiger partial charge in [0.05, 0.1) is 23.2 Å². The molecule has 0 spiro atoms. The fraction of sp³-hybridized carbons (Fsp3) is 0.111. The molecule has 1 heterocycles. The van der Waals surface area contributed by atoms with E-state index in [0.717, 1.165) is 15.8 Å². The molecule has 13 heavy (non-hydrogen) atoms. The first-order chi connectivity index (χ1) is 6.24. The predicted molar refractivity (Wildman–Crippen MR) is 57.2 cm³/mol. The van der Waals surface area contributed by atoms with Crippen molar-refractivity contribution in [3.63, 3.8) is 0 Å². The third-order valence-electron chi connectivity index (χ3n) is 2.00. The summed E-state index contributed by atoms with van der Waals surface area (Å²) in [5, 5.41) is 2.96. The lowest BCUT2D eigenvalue weighted by atomic mass is 10.2. The van der Waals surface area contributed by atoms with Crippen molar-refractivity contribution in [3.8, 4) is 5.75 Å². The van der Waals surface area contributed by atoms with Crippen LogP contribution in [0.3, 0.4) is 0 Å². The van der Waals surface area contributed by atoms with E-state index < -0.39 is 0 Å². The van der Waals surface area contributed by atoms with Crippen LogP contribution in [0.4, 0.5) is 11.4 Å². The van der Waals surface area contributed by atoms with Crippen LogP contribution in [0.1, 0.15) is 0 Å². The minimum Gasteiger partial charge on any atom is -0.495 e. The highest BCUT2D eigenvalue weighted by atomic mass is 32.1. The number of fused-ring (bicyclic) bond motifs is 1. The SMILES string of the molecule is COc1csc2c(N)c(N)ccc12. The second-order valence-electron chi connectivity index (χ2n) is 2.75. The van der Waals surface area contributed by atoms with Crippen LogP contribution in [0.2, 0.25) is 0 Å². The zero-order valence-corrected chi connectivity index (χ0v) is 8.02. The standard InChI is InChI=1S/C9H10N2OS/c1-12-7-4-13-9-5(7)2-3-6(10)8(9)11/h2-4H,10-11H2,1H3. The van der Waals surface area contributed by atoms with Crippen molar-refractivity contribution in [2.24, 2.45) is 0 Å². The Bertz CT molecular complexity index is 450. The third-order valence-corrected chi connectivity index (χ3v) is 3.01. The fourth-order valence-electron chi connectivity index (χ4n) is 1.27. The van der Waals surface area contributed by atoms with E-state index in [-0.39, 0.29) is 0 Å². The van der Waals surface area contributed by atoms with Gasteiger partial charge in [0.2, 0.25) is 0 Å². The molecule has 4 heteroatoms. The van der Waals surface area contributed by atoms with Crippen LogP contribution in [0.25, 0.3) is 10.1 Å². The molecule has 1 aromatic carbocycles. The lowest BCUT2D eigenvalue weighted by molar-refractivity contribution is 0.421. The molecule has 0 bridgehead atoms. The largest absolute Gasteiger partial charge is 0.495 e. The summed E-state index contributed by atoms with van der Waals surface area (Å²) in [6, 6.07) is 3.73. The van der Waals surface area contributed by atoms with E-state index in [0.29, 0.717) is 11.4 Å². The van der Waals surface area contributed by atoms with E-state index in [1.54, 1.807) is 24.5 Å². The summed E-state index contributed by atoms with van der Waals surface area (Å²) in [4.78, 5) is 0. The molecule has 0 aliphatic heterocycles. The quantitative estimate of drug-likeness (QED) is 0.683. The van der Waals surface area contributed by atoms with Gasteiger partial charge in [0.25, 0.3) is 0 Å². The Labute approximate surface area is 79.9 Å². The van der Waals surface area contributed by atoms with Crippen LogP contribution in [0.5, 0.6) is 5.75 Å². The number of nitrogens with two attached hydrogens (primary N) is 2. The first-order valence-corrected chi connectivity index (χ1v) is 4.71. The average Bonchev–Trinajstić information content (AvgIpc) is 2.55. The number of anilines is 2. The topological polar surface area (TPSA) is 61.3 Å². The summed E-state index contributed by atoms with van der Waals surface area (Å²) in [6.45, 7) is 0. The summed E-state index contributed by atoms with van der Waals surface area (Å²) in [6.07, 6.45) is 0. The maximum atomic E-state index is 5.82. The van der Waals surface area contributed by atoms with Crippen molar-refractivity contribution in [2.75, 3.05) is 18.6 Å². The normalized spacial score (nSPS) is 10.5. The zero-order chi connectivity index (χ0) is 9.42. The minimum atomic E-state index is 0.622. The number of ether oxygens (including phenoxy) is 1. The Kier molecular flexibility index (Phi) is 1.77. The van der Waals surface area contributed by atoms with Crippen LogP contribution in [-0.2, 0) is 0 Å². The highest BCUT2D eigenvalue weighted by molar-refractivity contribution is 7.18. The molecule has 0 atom stereocenters. The van der Waals surface area contributed by atoms with E-state index in [4.69, 9.17) is 16.2 Å². The van der Waals surface area contributed by atoms with Crippen molar-refractivity contribution in [3.05, 3.63) is 17.5 Å². The molecule has 0 aliphatic rings. The summed E-state index contributed by atoms with van der Waals surface area (Å²) in [5.41, 5.74) is 12.8. The van der Waals surface area contributed by atoms with Gasteiger partial charge in [0.15, 0.2) is 0 Å². The average molecular weight is 194 g/mol. The van der Waals surface area contributed by atoms with Gasteiger partial charge in [0.1, 0.15) is 5.75 Å². The van der Waals surface area contributed by atoms with Crippen LogP contribution >= 0.6 is 11.3 Å². The van der Waals surface area contributed by atoms with Gasteiger partial charge in [-0.25, -0.2) is 0 Å². The van der Waals surface area contributed by atoms with Gasteiger partial charge < -0.3 is 16.2 Å². The van der Waals surface area contributed by atoms with Crippen molar-refractivity contribution < 1.29 is 4.74 Å². The molecule has 3 nitrogen and oxygen atoms in total. The molecule has 1 aromatic heterocycles. The third kappa shape index (κ3) is 1.10. The Hall–Kier alpha value is -1.42. The number of thiophene rings is 1. The van der Waals surface area contributed by atoms with Crippen molar-refractivity contribution in [1.82, 2.24) is 0 Å². The number of nitrogen functional groups attached to an aromatic ring is 2. The van der Waals surface area contributed by atoms with Crippen LogP contribution in [0, 0.1) is 0 Å². The molecule has 0 saturated carbocycles. The first kappa shape index (κ1) is 8.19. The van der Waals surface area contributed by atoms with Gasteiger partial charge in [-0.15, -0.1) is 11.3 Å². The Morgan fingerprint density at radius 3 is 2.77 bits per heavy atom. The number of methoxy groups -OCH3 is 1. The van der Waals surface area contributed by atoms with Crippen molar-refractivity contribution in [2.45, 2.75) is 0 Å².